The molecule has 1 aliphatic heterocycles. The predicted octanol–water partition coefficient (Wildman–Crippen LogP) is 5.29. The Morgan fingerprint density at radius 3 is 2.43 bits per heavy atom. The number of anilines is 1. The summed E-state index contributed by atoms with van der Waals surface area (Å²) in [7, 11) is 0. The third kappa shape index (κ3) is 4.32. The number of nitrogens with one attached hydrogen (secondary N) is 1. The van der Waals surface area contributed by atoms with E-state index in [-0.39, 0.29) is 17.2 Å². The molecule has 146 valence electrons. The zero-order valence-electron chi connectivity index (χ0n) is 15.7. The number of hydrogen-bond acceptors (Lipinski definition) is 2. The lowest BCUT2D eigenvalue weighted by atomic mass is 9.94. The number of carbonyl (C=O) groups is 2. The number of benzene rings is 3. The van der Waals surface area contributed by atoms with Crippen LogP contribution >= 0.6 is 11.6 Å². The minimum Gasteiger partial charge on any atom is -0.321 e. The van der Waals surface area contributed by atoms with Gasteiger partial charge in [0, 0.05) is 22.6 Å². The van der Waals surface area contributed by atoms with E-state index in [1.54, 1.807) is 60.7 Å². The number of ketones is 1. The summed E-state index contributed by atoms with van der Waals surface area (Å²) in [6.45, 7) is 0. The van der Waals surface area contributed by atoms with Gasteiger partial charge < -0.3 is 5.32 Å². The van der Waals surface area contributed by atoms with Crippen LogP contribution in [0.1, 0.15) is 27.0 Å². The first-order valence-electron chi connectivity index (χ1n) is 9.20. The van der Waals surface area contributed by atoms with Crippen LogP contribution in [0.25, 0.3) is 6.08 Å². The Balaban J connectivity index is 1.59. The average molecular weight is 416 g/mol. The summed E-state index contributed by atoms with van der Waals surface area (Å²) in [5, 5.41) is 3.32. The van der Waals surface area contributed by atoms with E-state index in [9.17, 15) is 14.0 Å². The topological polar surface area (TPSA) is 46.2 Å². The number of rotatable bonds is 2. The third-order valence-corrected chi connectivity index (χ3v) is 4.87. The Labute approximate surface area is 178 Å². The summed E-state index contributed by atoms with van der Waals surface area (Å²) in [5.74, 6) is 4.95. The fraction of sp³-hybridized carbons (Fsp3) is 0.0400. The van der Waals surface area contributed by atoms with E-state index in [1.165, 1.54) is 12.1 Å². The van der Waals surface area contributed by atoms with Crippen molar-refractivity contribution in [3.05, 3.63) is 105 Å². The van der Waals surface area contributed by atoms with Crippen LogP contribution in [0.4, 0.5) is 10.1 Å². The van der Waals surface area contributed by atoms with E-state index in [2.05, 4.69) is 17.2 Å². The van der Waals surface area contributed by atoms with E-state index in [1.807, 2.05) is 0 Å². The van der Waals surface area contributed by atoms with Gasteiger partial charge in [0.25, 0.3) is 5.91 Å². The van der Waals surface area contributed by atoms with E-state index in [0.29, 0.717) is 33.8 Å². The minimum atomic E-state index is -0.447. The van der Waals surface area contributed by atoms with Gasteiger partial charge in [0.1, 0.15) is 5.82 Å². The van der Waals surface area contributed by atoms with Gasteiger partial charge in [-0.1, -0.05) is 47.7 Å². The van der Waals surface area contributed by atoms with Gasteiger partial charge >= 0.3 is 0 Å². The molecule has 30 heavy (non-hydrogen) atoms. The number of amides is 1. The standard InChI is InChI=1S/C25H15ClFNO2/c26-19-9-4-18(5-10-19)15-22-24(29)21-14-17(8-13-23(21)28-25(22)30)3-1-2-16-6-11-20(27)12-7-16/h4-15H,2H2,(H,28,30)/b22-15+. The summed E-state index contributed by atoms with van der Waals surface area (Å²) >= 11 is 5.89. The smallest absolute Gasteiger partial charge is 0.259 e. The van der Waals surface area contributed by atoms with Crippen molar-refractivity contribution in [3.8, 4) is 11.8 Å². The van der Waals surface area contributed by atoms with Crippen molar-refractivity contribution >= 4 is 35.1 Å². The Hall–Kier alpha value is -3.68. The van der Waals surface area contributed by atoms with Gasteiger partial charge in [0.2, 0.25) is 5.78 Å². The van der Waals surface area contributed by atoms with Gasteiger partial charge in [-0.3, -0.25) is 9.59 Å². The molecule has 0 fully saturated rings. The normalized spacial score (nSPS) is 14.0. The Morgan fingerprint density at radius 1 is 0.967 bits per heavy atom. The molecule has 0 radical (unpaired) electrons. The highest BCUT2D eigenvalue weighted by Gasteiger charge is 2.28. The summed E-state index contributed by atoms with van der Waals surface area (Å²) in [6.07, 6.45) is 2.01. The molecule has 0 saturated carbocycles. The lowest BCUT2D eigenvalue weighted by Gasteiger charge is -2.18. The number of hydrogen-bond donors (Lipinski definition) is 1. The summed E-state index contributed by atoms with van der Waals surface area (Å²) in [4.78, 5) is 25.3. The number of Topliss-reactive ketones (excluding diaryl/α,β-unsaturated/α-hetero) is 1. The van der Waals surface area contributed by atoms with Crippen LogP contribution < -0.4 is 5.32 Å². The van der Waals surface area contributed by atoms with Crippen LogP contribution in [-0.2, 0) is 11.2 Å². The fourth-order valence-corrected chi connectivity index (χ4v) is 3.19. The number of fused-ring (bicyclic) bond motifs is 1. The molecule has 0 atom stereocenters. The highest BCUT2D eigenvalue weighted by Crippen LogP contribution is 2.27. The van der Waals surface area contributed by atoms with Crippen molar-refractivity contribution in [2.45, 2.75) is 6.42 Å². The predicted molar refractivity (Wildman–Crippen MR) is 116 cm³/mol. The molecule has 0 aliphatic carbocycles. The molecule has 5 heteroatoms. The van der Waals surface area contributed by atoms with Crippen molar-refractivity contribution in [1.29, 1.82) is 0 Å². The molecule has 0 bridgehead atoms. The van der Waals surface area contributed by atoms with Crippen molar-refractivity contribution in [1.82, 2.24) is 0 Å². The lowest BCUT2D eigenvalue weighted by Crippen LogP contribution is -2.27. The molecule has 1 N–H and O–H groups in total. The molecule has 1 heterocycles. The third-order valence-electron chi connectivity index (χ3n) is 4.62. The van der Waals surface area contributed by atoms with Gasteiger partial charge in [-0.2, -0.15) is 0 Å². The van der Waals surface area contributed by atoms with Crippen molar-refractivity contribution < 1.29 is 14.0 Å². The monoisotopic (exact) mass is 415 g/mol. The average Bonchev–Trinajstić information content (AvgIpc) is 2.74. The molecule has 3 nitrogen and oxygen atoms in total. The van der Waals surface area contributed by atoms with Crippen LogP contribution in [0, 0.1) is 17.7 Å². The van der Waals surface area contributed by atoms with E-state index < -0.39 is 5.91 Å². The van der Waals surface area contributed by atoms with Crippen LogP contribution in [0.15, 0.2) is 72.3 Å². The fourth-order valence-electron chi connectivity index (χ4n) is 3.06. The molecule has 0 spiro atoms. The molecule has 1 amide bonds. The van der Waals surface area contributed by atoms with Crippen LogP contribution in [0.3, 0.4) is 0 Å². The van der Waals surface area contributed by atoms with Gasteiger partial charge in [0.05, 0.1) is 11.3 Å². The minimum absolute atomic E-state index is 0.0567. The molecule has 0 aromatic heterocycles. The highest BCUT2D eigenvalue weighted by molar-refractivity contribution is 6.36. The van der Waals surface area contributed by atoms with E-state index in [4.69, 9.17) is 11.6 Å². The van der Waals surface area contributed by atoms with Crippen molar-refractivity contribution in [2.24, 2.45) is 0 Å². The van der Waals surface area contributed by atoms with Gasteiger partial charge in [-0.15, -0.1) is 0 Å². The maximum atomic E-state index is 13.0. The first-order chi connectivity index (χ1) is 14.5. The second-order valence-electron chi connectivity index (χ2n) is 6.76. The number of halogens is 2. The first kappa shape index (κ1) is 19.6. The number of carbonyl (C=O) groups excluding carboxylic acids is 2. The lowest BCUT2D eigenvalue weighted by molar-refractivity contribution is -0.112. The van der Waals surface area contributed by atoms with Gasteiger partial charge in [-0.25, -0.2) is 4.39 Å². The van der Waals surface area contributed by atoms with Crippen LogP contribution in [0.2, 0.25) is 5.02 Å². The zero-order valence-corrected chi connectivity index (χ0v) is 16.5. The highest BCUT2D eigenvalue weighted by atomic mass is 35.5. The molecule has 1 aliphatic rings. The Kier molecular flexibility index (Phi) is 5.47. The Bertz CT molecular complexity index is 1230. The largest absolute Gasteiger partial charge is 0.321 e. The van der Waals surface area contributed by atoms with Crippen molar-refractivity contribution in [2.75, 3.05) is 5.32 Å². The van der Waals surface area contributed by atoms with Gasteiger partial charge in [-0.05, 0) is 59.7 Å². The molecule has 3 aromatic rings. The summed E-state index contributed by atoms with van der Waals surface area (Å²) in [6, 6.07) is 18.1. The van der Waals surface area contributed by atoms with E-state index in [0.717, 1.165) is 5.56 Å². The summed E-state index contributed by atoms with van der Waals surface area (Å²) < 4.78 is 13.0. The quantitative estimate of drug-likeness (QED) is 0.351. The molecule has 3 aromatic carbocycles. The first-order valence-corrected chi connectivity index (χ1v) is 9.58. The van der Waals surface area contributed by atoms with Gasteiger partial charge in [0.15, 0.2) is 0 Å². The molecular formula is C25H15ClFNO2. The second kappa shape index (κ2) is 8.36. The zero-order chi connectivity index (χ0) is 21.1. The summed E-state index contributed by atoms with van der Waals surface area (Å²) in [5.41, 5.74) is 3.17. The van der Waals surface area contributed by atoms with Crippen LogP contribution in [-0.4, -0.2) is 11.7 Å². The molecule has 0 saturated heterocycles. The van der Waals surface area contributed by atoms with E-state index >= 15 is 0 Å². The molecule has 0 unspecified atom stereocenters. The maximum absolute atomic E-state index is 13.0. The second-order valence-corrected chi connectivity index (χ2v) is 7.19. The van der Waals surface area contributed by atoms with Crippen LogP contribution in [0.5, 0.6) is 0 Å². The Morgan fingerprint density at radius 2 is 1.70 bits per heavy atom. The van der Waals surface area contributed by atoms with Crippen molar-refractivity contribution in [3.63, 3.8) is 0 Å². The molecule has 4 rings (SSSR count). The SMILES string of the molecule is O=C1Nc2ccc(C#CCc3ccc(F)cc3)cc2C(=O)/C1=C\c1ccc(Cl)cc1. The molecular weight excluding hydrogens is 401 g/mol. The maximum Gasteiger partial charge on any atom is 0.259 e.